The highest BCUT2D eigenvalue weighted by Gasteiger charge is 2.09. The van der Waals surface area contributed by atoms with Crippen molar-refractivity contribution in [2.45, 2.75) is 13.3 Å². The summed E-state index contributed by atoms with van der Waals surface area (Å²) < 4.78 is 0. The Hall–Kier alpha value is -2.09. The summed E-state index contributed by atoms with van der Waals surface area (Å²) >= 11 is 11.9. The third-order valence-corrected chi connectivity index (χ3v) is 3.50. The predicted molar refractivity (Wildman–Crippen MR) is 86.2 cm³/mol. The van der Waals surface area contributed by atoms with Crippen molar-refractivity contribution in [1.82, 2.24) is 10.3 Å². The predicted octanol–water partition coefficient (Wildman–Crippen LogP) is 3.54. The van der Waals surface area contributed by atoms with Gasteiger partial charge >= 0.3 is 0 Å². The normalized spacial score (nSPS) is 10.1. The zero-order chi connectivity index (χ0) is 16.1. The third-order valence-electron chi connectivity index (χ3n) is 3.06. The molecule has 0 atom stereocenters. The van der Waals surface area contributed by atoms with E-state index in [-0.39, 0.29) is 5.91 Å². The number of hydrogen-bond donors (Lipinski definition) is 1. The van der Waals surface area contributed by atoms with Gasteiger partial charge in [0.1, 0.15) is 11.8 Å². The van der Waals surface area contributed by atoms with Gasteiger partial charge in [-0.1, -0.05) is 23.2 Å². The van der Waals surface area contributed by atoms with Gasteiger partial charge < -0.3 is 5.32 Å². The number of nitrogens with one attached hydrogen (secondary N) is 1. The molecular formula is C16H13Cl2N3O. The Morgan fingerprint density at radius 3 is 2.55 bits per heavy atom. The van der Waals surface area contributed by atoms with Gasteiger partial charge in [0.15, 0.2) is 0 Å². The number of carbonyl (C=O) groups excluding carboxylic acids is 1. The SMILES string of the molecule is Cc1nc(C(=O)NCCc2cc(Cl)cc(Cl)c2)ccc1C#N. The number of amides is 1. The van der Waals surface area contributed by atoms with Gasteiger partial charge in [-0.3, -0.25) is 4.79 Å². The Morgan fingerprint density at radius 1 is 1.27 bits per heavy atom. The van der Waals surface area contributed by atoms with Crippen molar-refractivity contribution in [1.29, 1.82) is 5.26 Å². The molecule has 2 aromatic rings. The van der Waals surface area contributed by atoms with Crippen LogP contribution < -0.4 is 5.32 Å². The van der Waals surface area contributed by atoms with Crippen LogP contribution in [-0.2, 0) is 6.42 Å². The number of nitrogens with zero attached hydrogens (tertiary/aromatic N) is 2. The van der Waals surface area contributed by atoms with Crippen molar-refractivity contribution in [2.75, 3.05) is 6.54 Å². The number of pyridine rings is 1. The standard InChI is InChI=1S/C16H13Cl2N3O/c1-10-12(9-19)2-3-15(21-10)16(22)20-5-4-11-6-13(17)8-14(18)7-11/h2-3,6-8H,4-5H2,1H3,(H,20,22). The summed E-state index contributed by atoms with van der Waals surface area (Å²) in [5.74, 6) is -0.277. The van der Waals surface area contributed by atoms with E-state index in [0.29, 0.717) is 40.0 Å². The summed E-state index contributed by atoms with van der Waals surface area (Å²) in [7, 11) is 0. The number of halogens is 2. The van der Waals surface area contributed by atoms with E-state index in [1.807, 2.05) is 18.2 Å². The van der Waals surface area contributed by atoms with E-state index in [1.54, 1.807) is 19.1 Å². The van der Waals surface area contributed by atoms with Crippen LogP contribution >= 0.6 is 23.2 Å². The second-order valence-corrected chi connectivity index (χ2v) is 5.60. The molecule has 22 heavy (non-hydrogen) atoms. The third kappa shape index (κ3) is 4.20. The van der Waals surface area contributed by atoms with Gasteiger partial charge in [-0.15, -0.1) is 0 Å². The minimum atomic E-state index is -0.277. The summed E-state index contributed by atoms with van der Waals surface area (Å²) in [4.78, 5) is 16.1. The summed E-state index contributed by atoms with van der Waals surface area (Å²) in [5, 5.41) is 12.8. The monoisotopic (exact) mass is 333 g/mol. The molecule has 0 saturated heterocycles. The molecule has 0 aliphatic rings. The van der Waals surface area contributed by atoms with E-state index in [1.165, 1.54) is 6.07 Å². The van der Waals surface area contributed by atoms with Gasteiger partial charge in [0.05, 0.1) is 11.3 Å². The number of rotatable bonds is 4. The van der Waals surface area contributed by atoms with Gasteiger partial charge in [-0.25, -0.2) is 4.98 Å². The Kier molecular flexibility index (Phi) is 5.37. The molecule has 0 saturated carbocycles. The van der Waals surface area contributed by atoms with Gasteiger partial charge in [0, 0.05) is 16.6 Å². The van der Waals surface area contributed by atoms with Crippen LogP contribution in [0.25, 0.3) is 0 Å². The molecule has 0 spiro atoms. The van der Waals surface area contributed by atoms with Gasteiger partial charge in [0.25, 0.3) is 5.91 Å². The van der Waals surface area contributed by atoms with Crippen molar-refractivity contribution in [2.24, 2.45) is 0 Å². The quantitative estimate of drug-likeness (QED) is 0.930. The zero-order valence-electron chi connectivity index (χ0n) is 11.9. The lowest BCUT2D eigenvalue weighted by Crippen LogP contribution is -2.26. The summed E-state index contributed by atoms with van der Waals surface area (Å²) in [6.07, 6.45) is 0.612. The molecule has 0 fully saturated rings. The first-order chi connectivity index (χ1) is 10.5. The van der Waals surface area contributed by atoms with Crippen LogP contribution in [0.3, 0.4) is 0 Å². The van der Waals surface area contributed by atoms with Gasteiger partial charge in [-0.2, -0.15) is 5.26 Å². The number of aryl methyl sites for hydroxylation is 1. The van der Waals surface area contributed by atoms with E-state index < -0.39 is 0 Å². The lowest BCUT2D eigenvalue weighted by atomic mass is 10.1. The van der Waals surface area contributed by atoms with Crippen molar-refractivity contribution in [3.8, 4) is 6.07 Å². The van der Waals surface area contributed by atoms with Crippen LogP contribution in [0.4, 0.5) is 0 Å². The van der Waals surface area contributed by atoms with E-state index in [2.05, 4.69) is 10.3 Å². The smallest absolute Gasteiger partial charge is 0.269 e. The van der Waals surface area contributed by atoms with Crippen LogP contribution in [0, 0.1) is 18.3 Å². The highest BCUT2D eigenvalue weighted by Crippen LogP contribution is 2.19. The van der Waals surface area contributed by atoms with Crippen molar-refractivity contribution >= 4 is 29.1 Å². The number of aromatic nitrogens is 1. The maximum atomic E-state index is 12.0. The number of hydrogen-bond acceptors (Lipinski definition) is 3. The molecule has 1 aromatic carbocycles. The van der Waals surface area contributed by atoms with Crippen molar-refractivity contribution in [3.63, 3.8) is 0 Å². The van der Waals surface area contributed by atoms with Crippen molar-refractivity contribution in [3.05, 3.63) is 62.9 Å². The Morgan fingerprint density at radius 2 is 1.95 bits per heavy atom. The van der Waals surface area contributed by atoms with Crippen LogP contribution in [0.2, 0.25) is 10.0 Å². The molecule has 2 rings (SSSR count). The molecular weight excluding hydrogens is 321 g/mol. The van der Waals surface area contributed by atoms with Crippen LogP contribution in [0.15, 0.2) is 30.3 Å². The fourth-order valence-electron chi connectivity index (χ4n) is 1.97. The van der Waals surface area contributed by atoms with E-state index in [0.717, 1.165) is 5.56 Å². The fraction of sp³-hybridized carbons (Fsp3) is 0.188. The molecule has 1 N–H and O–H groups in total. The van der Waals surface area contributed by atoms with E-state index in [9.17, 15) is 4.79 Å². The first-order valence-electron chi connectivity index (χ1n) is 6.60. The summed E-state index contributed by atoms with van der Waals surface area (Å²) in [6.45, 7) is 2.14. The molecule has 112 valence electrons. The fourth-order valence-corrected chi connectivity index (χ4v) is 2.54. The van der Waals surface area contributed by atoms with Crippen LogP contribution in [0.5, 0.6) is 0 Å². The van der Waals surface area contributed by atoms with Crippen LogP contribution in [0.1, 0.15) is 27.3 Å². The van der Waals surface area contributed by atoms with E-state index >= 15 is 0 Å². The molecule has 6 heteroatoms. The molecule has 0 aliphatic carbocycles. The largest absolute Gasteiger partial charge is 0.350 e. The molecule has 0 aliphatic heterocycles. The van der Waals surface area contributed by atoms with Crippen LogP contribution in [-0.4, -0.2) is 17.4 Å². The number of benzene rings is 1. The topological polar surface area (TPSA) is 65.8 Å². The first kappa shape index (κ1) is 16.3. The van der Waals surface area contributed by atoms with E-state index in [4.69, 9.17) is 28.5 Å². The second-order valence-electron chi connectivity index (χ2n) is 4.72. The zero-order valence-corrected chi connectivity index (χ0v) is 13.4. The molecule has 4 nitrogen and oxygen atoms in total. The lowest BCUT2D eigenvalue weighted by Gasteiger charge is -2.07. The van der Waals surface area contributed by atoms with Gasteiger partial charge in [0.2, 0.25) is 0 Å². The molecule has 0 unspecified atom stereocenters. The highest BCUT2D eigenvalue weighted by molar-refractivity contribution is 6.34. The minimum Gasteiger partial charge on any atom is -0.350 e. The molecule has 1 aromatic heterocycles. The molecule has 0 bridgehead atoms. The van der Waals surface area contributed by atoms with Crippen molar-refractivity contribution < 1.29 is 4.79 Å². The average Bonchev–Trinajstić information content (AvgIpc) is 2.46. The maximum Gasteiger partial charge on any atom is 0.269 e. The number of nitriles is 1. The molecule has 1 amide bonds. The molecule has 1 heterocycles. The second kappa shape index (κ2) is 7.26. The Bertz CT molecular complexity index is 733. The Balaban J connectivity index is 1.95. The summed E-state index contributed by atoms with van der Waals surface area (Å²) in [5.41, 5.74) is 2.24. The average molecular weight is 334 g/mol. The lowest BCUT2D eigenvalue weighted by molar-refractivity contribution is 0.0949. The first-order valence-corrected chi connectivity index (χ1v) is 7.36. The highest BCUT2D eigenvalue weighted by atomic mass is 35.5. The Labute approximate surface area is 138 Å². The minimum absolute atomic E-state index is 0.277. The maximum absolute atomic E-state index is 12.0. The summed E-state index contributed by atoms with van der Waals surface area (Å²) in [6, 6.07) is 10.4. The van der Waals surface area contributed by atoms with Gasteiger partial charge in [-0.05, 0) is 49.2 Å². The number of carbonyl (C=O) groups is 1. The molecule has 0 radical (unpaired) electrons.